The average molecular weight is 384 g/mol. The van der Waals surface area contributed by atoms with E-state index in [-0.39, 0.29) is 0 Å². The Morgan fingerprint density at radius 3 is 3.04 bits per heavy atom. The molecule has 0 saturated heterocycles. The average Bonchev–Trinajstić information content (AvgIpc) is 3.25. The van der Waals surface area contributed by atoms with Gasteiger partial charge in [-0.1, -0.05) is 11.6 Å². The third-order valence-electron chi connectivity index (χ3n) is 3.27. The fraction of sp³-hybridized carbons (Fsp3) is 0.333. The molecule has 0 bridgehead atoms. The molecule has 0 aliphatic carbocycles. The Morgan fingerprint density at radius 2 is 2.33 bits per heavy atom. The van der Waals surface area contributed by atoms with Crippen molar-refractivity contribution in [2.75, 3.05) is 13.1 Å². The van der Waals surface area contributed by atoms with Crippen molar-refractivity contribution in [3.63, 3.8) is 0 Å². The number of aliphatic imine (C=N–C) groups is 1. The van der Waals surface area contributed by atoms with Crippen LogP contribution >= 0.6 is 34.3 Å². The number of thiophene rings is 1. The van der Waals surface area contributed by atoms with Gasteiger partial charge in [0.25, 0.3) is 0 Å². The molecule has 0 aliphatic heterocycles. The number of thiazole rings is 1. The number of halogens is 1. The molecule has 3 aromatic rings. The molecule has 6 nitrogen and oxygen atoms in total. The summed E-state index contributed by atoms with van der Waals surface area (Å²) in [6.45, 7) is 3.58. The summed E-state index contributed by atoms with van der Waals surface area (Å²) in [6.07, 6.45) is 3.33. The first kappa shape index (κ1) is 17.2. The SMILES string of the molecule is CCNC(=NCc1cn2ccsc2n1)NCC(O)c1ccc(Cl)s1. The summed E-state index contributed by atoms with van der Waals surface area (Å²) in [7, 11) is 0. The molecule has 0 fully saturated rings. The molecule has 24 heavy (non-hydrogen) atoms. The fourth-order valence-electron chi connectivity index (χ4n) is 2.16. The number of rotatable bonds is 6. The van der Waals surface area contributed by atoms with Gasteiger partial charge in [-0.05, 0) is 19.1 Å². The van der Waals surface area contributed by atoms with Crippen LogP contribution in [0.5, 0.6) is 0 Å². The quantitative estimate of drug-likeness (QED) is 0.452. The van der Waals surface area contributed by atoms with Crippen LogP contribution in [0.3, 0.4) is 0 Å². The zero-order chi connectivity index (χ0) is 16.9. The lowest BCUT2D eigenvalue weighted by molar-refractivity contribution is 0.184. The molecule has 3 N–H and O–H groups in total. The summed E-state index contributed by atoms with van der Waals surface area (Å²) in [5.74, 6) is 0.649. The van der Waals surface area contributed by atoms with Crippen LogP contribution in [0, 0.1) is 0 Å². The van der Waals surface area contributed by atoms with E-state index in [1.54, 1.807) is 17.4 Å². The summed E-state index contributed by atoms with van der Waals surface area (Å²) < 4.78 is 2.66. The predicted octanol–water partition coefficient (Wildman–Crippen LogP) is 2.90. The van der Waals surface area contributed by atoms with Gasteiger partial charge in [0.2, 0.25) is 0 Å². The number of aliphatic hydroxyl groups is 1. The van der Waals surface area contributed by atoms with Gasteiger partial charge >= 0.3 is 0 Å². The summed E-state index contributed by atoms with van der Waals surface area (Å²) >= 11 is 8.88. The number of hydrogen-bond acceptors (Lipinski definition) is 5. The highest BCUT2D eigenvalue weighted by atomic mass is 35.5. The highest BCUT2D eigenvalue weighted by Gasteiger charge is 2.11. The van der Waals surface area contributed by atoms with E-state index in [2.05, 4.69) is 20.6 Å². The van der Waals surface area contributed by atoms with E-state index in [0.29, 0.717) is 23.4 Å². The van der Waals surface area contributed by atoms with Gasteiger partial charge in [-0.2, -0.15) is 0 Å². The molecular formula is C15H18ClN5OS2. The Morgan fingerprint density at radius 1 is 1.46 bits per heavy atom. The van der Waals surface area contributed by atoms with Gasteiger partial charge in [-0.15, -0.1) is 22.7 Å². The third-order valence-corrected chi connectivity index (χ3v) is 5.37. The van der Waals surface area contributed by atoms with Crippen molar-refractivity contribution in [2.45, 2.75) is 19.6 Å². The van der Waals surface area contributed by atoms with Crippen LogP contribution in [0.4, 0.5) is 0 Å². The molecule has 9 heteroatoms. The van der Waals surface area contributed by atoms with Crippen LogP contribution in [0.2, 0.25) is 4.34 Å². The topological polar surface area (TPSA) is 74.0 Å². The van der Waals surface area contributed by atoms with Crippen LogP contribution in [0.1, 0.15) is 23.6 Å². The Kier molecular flexibility index (Phi) is 5.72. The van der Waals surface area contributed by atoms with Crippen LogP contribution < -0.4 is 10.6 Å². The van der Waals surface area contributed by atoms with E-state index in [4.69, 9.17) is 11.6 Å². The second kappa shape index (κ2) is 7.98. The van der Waals surface area contributed by atoms with Gasteiger partial charge in [0.15, 0.2) is 10.9 Å². The second-order valence-corrected chi connectivity index (χ2v) is 7.68. The van der Waals surface area contributed by atoms with E-state index in [0.717, 1.165) is 22.1 Å². The Hall–Kier alpha value is -1.61. The van der Waals surface area contributed by atoms with Crippen LogP contribution in [-0.4, -0.2) is 33.5 Å². The smallest absolute Gasteiger partial charge is 0.193 e. The van der Waals surface area contributed by atoms with Crippen molar-refractivity contribution in [1.29, 1.82) is 0 Å². The van der Waals surface area contributed by atoms with Gasteiger partial charge in [-0.25, -0.2) is 9.98 Å². The summed E-state index contributed by atoms with van der Waals surface area (Å²) in [5.41, 5.74) is 0.907. The number of nitrogens with one attached hydrogen (secondary N) is 2. The monoisotopic (exact) mass is 383 g/mol. The Bertz CT molecular complexity index is 796. The maximum atomic E-state index is 10.2. The van der Waals surface area contributed by atoms with E-state index in [9.17, 15) is 5.11 Å². The van der Waals surface area contributed by atoms with Gasteiger partial charge in [0, 0.05) is 35.7 Å². The molecule has 1 atom stereocenters. The molecule has 0 radical (unpaired) electrons. The largest absolute Gasteiger partial charge is 0.386 e. The Balaban J connectivity index is 1.59. The van der Waals surface area contributed by atoms with Crippen molar-refractivity contribution in [3.8, 4) is 0 Å². The van der Waals surface area contributed by atoms with E-state index < -0.39 is 6.10 Å². The molecule has 0 amide bonds. The minimum atomic E-state index is -0.621. The van der Waals surface area contributed by atoms with Crippen molar-refractivity contribution in [3.05, 3.63) is 44.8 Å². The molecule has 128 valence electrons. The highest BCUT2D eigenvalue weighted by Crippen LogP contribution is 2.26. The van der Waals surface area contributed by atoms with Gasteiger partial charge in [0.1, 0.15) is 6.10 Å². The number of aromatic nitrogens is 2. The van der Waals surface area contributed by atoms with Gasteiger partial charge < -0.3 is 15.7 Å². The number of imidazole rings is 1. The number of fused-ring (bicyclic) bond motifs is 1. The second-order valence-electron chi connectivity index (χ2n) is 5.06. The van der Waals surface area contributed by atoms with Crippen molar-refractivity contribution < 1.29 is 5.11 Å². The predicted molar refractivity (Wildman–Crippen MR) is 100 cm³/mol. The van der Waals surface area contributed by atoms with Crippen molar-refractivity contribution in [1.82, 2.24) is 20.0 Å². The molecule has 0 saturated carbocycles. The highest BCUT2D eigenvalue weighted by molar-refractivity contribution is 7.16. The zero-order valence-electron chi connectivity index (χ0n) is 13.1. The van der Waals surface area contributed by atoms with E-state index >= 15 is 0 Å². The lowest BCUT2D eigenvalue weighted by atomic mass is 10.3. The van der Waals surface area contributed by atoms with E-state index in [1.807, 2.05) is 35.2 Å². The molecule has 0 spiro atoms. The Labute approximate surface area is 152 Å². The molecule has 3 aromatic heterocycles. The lowest BCUT2D eigenvalue weighted by Gasteiger charge is -2.14. The van der Waals surface area contributed by atoms with Crippen LogP contribution in [0.15, 0.2) is 34.9 Å². The number of guanidine groups is 1. The fourth-order valence-corrected chi connectivity index (χ4v) is 3.92. The lowest BCUT2D eigenvalue weighted by Crippen LogP contribution is -2.39. The summed E-state index contributed by atoms with van der Waals surface area (Å²) in [4.78, 5) is 10.8. The zero-order valence-corrected chi connectivity index (χ0v) is 15.5. The molecular weight excluding hydrogens is 366 g/mol. The van der Waals surface area contributed by atoms with Crippen molar-refractivity contribution >= 4 is 45.2 Å². The van der Waals surface area contributed by atoms with Crippen molar-refractivity contribution in [2.24, 2.45) is 4.99 Å². The molecule has 3 heterocycles. The molecule has 1 unspecified atom stereocenters. The first-order valence-electron chi connectivity index (χ1n) is 7.52. The van der Waals surface area contributed by atoms with E-state index in [1.165, 1.54) is 11.3 Å². The standard InChI is InChI=1S/C15H18ClN5OS2/c1-2-17-14(19-8-11(22)12-3-4-13(16)24-12)18-7-10-9-21-5-6-23-15(21)20-10/h3-6,9,11,22H,2,7-8H2,1H3,(H2,17,18,19). The third kappa shape index (κ3) is 4.27. The van der Waals surface area contributed by atoms with Crippen LogP contribution in [-0.2, 0) is 6.54 Å². The maximum Gasteiger partial charge on any atom is 0.193 e. The number of nitrogens with zero attached hydrogens (tertiary/aromatic N) is 3. The maximum absolute atomic E-state index is 10.2. The molecule has 0 aromatic carbocycles. The molecule has 3 rings (SSSR count). The van der Waals surface area contributed by atoms with Gasteiger partial charge in [-0.3, -0.25) is 4.40 Å². The number of hydrogen-bond donors (Lipinski definition) is 3. The first-order chi connectivity index (χ1) is 11.7. The number of aliphatic hydroxyl groups excluding tert-OH is 1. The van der Waals surface area contributed by atoms with Gasteiger partial charge in [0.05, 0.1) is 16.6 Å². The summed E-state index contributed by atoms with van der Waals surface area (Å²) in [5, 5.41) is 18.5. The summed E-state index contributed by atoms with van der Waals surface area (Å²) in [6, 6.07) is 3.62. The minimum absolute atomic E-state index is 0.362. The molecule has 0 aliphatic rings. The normalized spacial score (nSPS) is 13.4. The van der Waals surface area contributed by atoms with Crippen LogP contribution in [0.25, 0.3) is 4.96 Å². The first-order valence-corrected chi connectivity index (χ1v) is 9.59. The minimum Gasteiger partial charge on any atom is -0.386 e.